The Morgan fingerprint density at radius 1 is 0.857 bits per heavy atom. The second kappa shape index (κ2) is 8.55. The summed E-state index contributed by atoms with van der Waals surface area (Å²) in [6, 6.07) is 3.94. The highest BCUT2D eigenvalue weighted by atomic mass is 19.2. The van der Waals surface area contributed by atoms with Gasteiger partial charge in [-0.25, -0.2) is 26.7 Å². The number of methoxy groups -OCH3 is 2. The lowest BCUT2D eigenvalue weighted by Crippen LogP contribution is -2.23. The van der Waals surface area contributed by atoms with E-state index in [1.54, 1.807) is 0 Å². The van der Waals surface area contributed by atoms with Crippen LogP contribution in [0.5, 0.6) is 11.5 Å². The summed E-state index contributed by atoms with van der Waals surface area (Å²) in [5.74, 6) is -13.1. The van der Waals surface area contributed by atoms with E-state index in [2.05, 4.69) is 4.74 Å². The average Bonchev–Trinajstić information content (AvgIpc) is 2.71. The molecule has 0 aromatic heterocycles. The first kappa shape index (κ1) is 20.9. The second-order valence-corrected chi connectivity index (χ2v) is 5.14. The number of rotatable bonds is 6. The Morgan fingerprint density at radius 3 is 1.93 bits per heavy atom. The lowest BCUT2D eigenvalue weighted by atomic mass is 10.2. The van der Waals surface area contributed by atoms with Gasteiger partial charge in [0.05, 0.1) is 19.8 Å². The van der Waals surface area contributed by atoms with E-state index in [4.69, 9.17) is 9.47 Å². The number of amides is 1. The molecule has 0 heterocycles. The number of carbonyl (C=O) groups is 2. The molecular formula is C17H12F5NO5. The highest BCUT2D eigenvalue weighted by molar-refractivity contribution is 5.96. The summed E-state index contributed by atoms with van der Waals surface area (Å²) in [4.78, 5) is 23.6. The number of anilines is 1. The minimum absolute atomic E-state index is 0.0401. The van der Waals surface area contributed by atoms with Gasteiger partial charge in [-0.15, -0.1) is 0 Å². The Bertz CT molecular complexity index is 906. The van der Waals surface area contributed by atoms with E-state index in [0.29, 0.717) is 5.75 Å². The van der Waals surface area contributed by atoms with Gasteiger partial charge in [0.15, 0.2) is 41.4 Å². The first-order valence-corrected chi connectivity index (χ1v) is 7.41. The zero-order valence-electron chi connectivity index (χ0n) is 14.4. The average molecular weight is 405 g/mol. The number of nitrogens with one attached hydrogen (secondary N) is 1. The quantitative estimate of drug-likeness (QED) is 0.346. The number of hydrogen-bond donors (Lipinski definition) is 1. The molecule has 0 bridgehead atoms. The fraction of sp³-hybridized carbons (Fsp3) is 0.176. The third-order valence-electron chi connectivity index (χ3n) is 3.43. The smallest absolute Gasteiger partial charge is 0.338 e. The van der Waals surface area contributed by atoms with E-state index in [9.17, 15) is 31.5 Å². The van der Waals surface area contributed by atoms with Crippen LogP contribution in [0.25, 0.3) is 0 Å². The van der Waals surface area contributed by atoms with Crippen LogP contribution in [0, 0.1) is 29.1 Å². The molecule has 0 saturated carbocycles. The Kier molecular flexibility index (Phi) is 6.39. The van der Waals surface area contributed by atoms with Gasteiger partial charge in [-0.1, -0.05) is 0 Å². The molecule has 0 spiro atoms. The molecule has 0 saturated heterocycles. The summed E-state index contributed by atoms with van der Waals surface area (Å²) in [7, 11) is 2.70. The number of benzene rings is 2. The Hall–Kier alpha value is -3.37. The summed E-state index contributed by atoms with van der Waals surface area (Å²) in [5.41, 5.74) is -1.59. The van der Waals surface area contributed by atoms with Crippen molar-refractivity contribution in [2.75, 3.05) is 26.1 Å². The number of carbonyl (C=O) groups excluding carboxylic acids is 2. The number of ether oxygens (including phenoxy) is 3. The van der Waals surface area contributed by atoms with Crippen molar-refractivity contribution in [3.05, 3.63) is 52.8 Å². The monoisotopic (exact) mass is 405 g/mol. The van der Waals surface area contributed by atoms with E-state index < -0.39 is 53.3 Å². The van der Waals surface area contributed by atoms with Crippen LogP contribution in [-0.4, -0.2) is 32.7 Å². The van der Waals surface area contributed by atoms with Gasteiger partial charge in [0, 0.05) is 0 Å². The number of hydrogen-bond acceptors (Lipinski definition) is 5. The van der Waals surface area contributed by atoms with Gasteiger partial charge >= 0.3 is 5.97 Å². The first-order valence-electron chi connectivity index (χ1n) is 7.41. The normalized spacial score (nSPS) is 10.4. The van der Waals surface area contributed by atoms with Gasteiger partial charge in [0.25, 0.3) is 5.91 Å². The summed E-state index contributed by atoms with van der Waals surface area (Å²) in [6.45, 7) is -1.05. The van der Waals surface area contributed by atoms with Gasteiger partial charge in [-0.05, 0) is 18.2 Å². The van der Waals surface area contributed by atoms with Crippen molar-refractivity contribution in [3.63, 3.8) is 0 Å². The fourth-order valence-corrected chi connectivity index (χ4v) is 2.07. The van der Waals surface area contributed by atoms with Gasteiger partial charge in [-0.2, -0.15) is 0 Å². The van der Waals surface area contributed by atoms with Crippen LogP contribution in [0.2, 0.25) is 0 Å². The summed E-state index contributed by atoms with van der Waals surface area (Å²) in [6.07, 6.45) is 0. The molecule has 6 nitrogen and oxygen atoms in total. The molecule has 0 aliphatic heterocycles. The lowest BCUT2D eigenvalue weighted by molar-refractivity contribution is -0.119. The van der Waals surface area contributed by atoms with Crippen molar-refractivity contribution >= 4 is 17.6 Å². The summed E-state index contributed by atoms with van der Waals surface area (Å²) in [5, 5.41) is 1.48. The van der Waals surface area contributed by atoms with Crippen molar-refractivity contribution < 1.29 is 45.8 Å². The molecule has 150 valence electrons. The maximum absolute atomic E-state index is 13.5. The van der Waals surface area contributed by atoms with E-state index >= 15 is 0 Å². The fourth-order valence-electron chi connectivity index (χ4n) is 2.07. The van der Waals surface area contributed by atoms with Gasteiger partial charge in [-0.3, -0.25) is 4.79 Å². The van der Waals surface area contributed by atoms with Crippen LogP contribution in [0.1, 0.15) is 10.4 Å². The predicted octanol–water partition coefficient (Wildman–Crippen LogP) is 3.19. The molecule has 2 rings (SSSR count). The van der Waals surface area contributed by atoms with Crippen molar-refractivity contribution in [1.29, 1.82) is 0 Å². The van der Waals surface area contributed by atoms with Crippen molar-refractivity contribution in [2.24, 2.45) is 0 Å². The SMILES string of the molecule is COc1ccc(C(=O)OCC(=O)Nc2c(F)c(F)c(F)c(F)c2F)cc1OC. The van der Waals surface area contributed by atoms with Crippen molar-refractivity contribution in [2.45, 2.75) is 0 Å². The van der Waals surface area contributed by atoms with Gasteiger partial charge < -0.3 is 19.5 Å². The first-order chi connectivity index (χ1) is 13.2. The highest BCUT2D eigenvalue weighted by Crippen LogP contribution is 2.28. The molecular weight excluding hydrogens is 393 g/mol. The molecule has 1 N–H and O–H groups in total. The minimum Gasteiger partial charge on any atom is -0.493 e. The zero-order chi connectivity index (χ0) is 21.0. The standard InChI is InChI=1S/C17H12F5NO5/c1-26-8-4-3-7(5-9(8)27-2)17(25)28-6-10(24)23-16-14(21)12(19)11(18)13(20)15(16)22/h3-5H,6H2,1-2H3,(H,23,24). The molecule has 2 aromatic carbocycles. The van der Waals surface area contributed by atoms with Crippen molar-refractivity contribution in [1.82, 2.24) is 0 Å². The largest absolute Gasteiger partial charge is 0.493 e. The van der Waals surface area contributed by atoms with Crippen LogP contribution in [0.3, 0.4) is 0 Å². The molecule has 0 aliphatic carbocycles. The zero-order valence-corrected chi connectivity index (χ0v) is 14.4. The Labute approximate surface area is 154 Å². The van der Waals surface area contributed by atoms with E-state index in [0.717, 1.165) is 0 Å². The Balaban J connectivity index is 2.08. The highest BCUT2D eigenvalue weighted by Gasteiger charge is 2.27. The van der Waals surface area contributed by atoms with E-state index in [1.165, 1.54) is 37.7 Å². The number of esters is 1. The van der Waals surface area contributed by atoms with Crippen molar-refractivity contribution in [3.8, 4) is 11.5 Å². The maximum atomic E-state index is 13.5. The summed E-state index contributed by atoms with van der Waals surface area (Å²) >= 11 is 0. The Morgan fingerprint density at radius 2 is 1.39 bits per heavy atom. The molecule has 11 heteroatoms. The van der Waals surface area contributed by atoms with Gasteiger partial charge in [0.2, 0.25) is 5.82 Å². The molecule has 0 atom stereocenters. The summed E-state index contributed by atoms with van der Waals surface area (Å²) < 4.78 is 80.8. The second-order valence-electron chi connectivity index (χ2n) is 5.14. The predicted molar refractivity (Wildman–Crippen MR) is 84.7 cm³/mol. The van der Waals surface area contributed by atoms with E-state index in [-0.39, 0.29) is 11.3 Å². The van der Waals surface area contributed by atoms with Crippen LogP contribution < -0.4 is 14.8 Å². The molecule has 28 heavy (non-hydrogen) atoms. The molecule has 2 aromatic rings. The molecule has 0 radical (unpaired) electrons. The topological polar surface area (TPSA) is 73.9 Å². The lowest BCUT2D eigenvalue weighted by Gasteiger charge is -2.11. The van der Waals surface area contributed by atoms with E-state index in [1.807, 2.05) is 0 Å². The minimum atomic E-state index is -2.37. The molecule has 0 aliphatic rings. The van der Waals surface area contributed by atoms with Crippen LogP contribution in [-0.2, 0) is 9.53 Å². The molecule has 0 unspecified atom stereocenters. The molecule has 0 fully saturated rings. The van der Waals surface area contributed by atoms with Crippen LogP contribution in [0.15, 0.2) is 18.2 Å². The van der Waals surface area contributed by atoms with Crippen LogP contribution in [0.4, 0.5) is 27.6 Å². The third-order valence-corrected chi connectivity index (χ3v) is 3.43. The van der Waals surface area contributed by atoms with Gasteiger partial charge in [0.1, 0.15) is 5.69 Å². The molecule has 1 amide bonds. The van der Waals surface area contributed by atoms with Crippen LogP contribution >= 0.6 is 0 Å². The maximum Gasteiger partial charge on any atom is 0.338 e. The third kappa shape index (κ3) is 4.13. The number of halogens is 5.